The van der Waals surface area contributed by atoms with Gasteiger partial charge >= 0.3 is 0 Å². The van der Waals surface area contributed by atoms with Gasteiger partial charge in [0.15, 0.2) is 0 Å². The normalized spacial score (nSPS) is 30.8. The average Bonchev–Trinajstić information content (AvgIpc) is 2.80. The van der Waals surface area contributed by atoms with Crippen LogP contribution in [0.1, 0.15) is 52.4 Å². The van der Waals surface area contributed by atoms with E-state index in [2.05, 4.69) is 24.5 Å². The summed E-state index contributed by atoms with van der Waals surface area (Å²) < 4.78 is 0. The molecule has 2 aliphatic rings. The van der Waals surface area contributed by atoms with Crippen molar-refractivity contribution in [3.8, 4) is 0 Å². The monoisotopic (exact) mass is 238 g/mol. The summed E-state index contributed by atoms with van der Waals surface area (Å²) in [5.74, 6) is 0.713. The molecule has 17 heavy (non-hydrogen) atoms. The third kappa shape index (κ3) is 2.65. The van der Waals surface area contributed by atoms with E-state index in [1.54, 1.807) is 0 Å². The first-order chi connectivity index (χ1) is 8.15. The number of hydrogen-bond acceptors (Lipinski definition) is 2. The fourth-order valence-corrected chi connectivity index (χ4v) is 3.24. The summed E-state index contributed by atoms with van der Waals surface area (Å²) in [4.78, 5) is 12.5. The van der Waals surface area contributed by atoms with Gasteiger partial charge in [-0.3, -0.25) is 4.79 Å². The van der Waals surface area contributed by atoms with Gasteiger partial charge in [-0.15, -0.1) is 0 Å². The molecule has 1 saturated carbocycles. The molecule has 1 aliphatic heterocycles. The van der Waals surface area contributed by atoms with E-state index in [0.29, 0.717) is 17.9 Å². The molecular weight excluding hydrogens is 212 g/mol. The van der Waals surface area contributed by atoms with Crippen LogP contribution in [0.5, 0.6) is 0 Å². The zero-order valence-electron chi connectivity index (χ0n) is 11.2. The SMILES string of the molecule is CC(C)C1(C(=O)NC2CCCCC2)CCNC1. The highest BCUT2D eigenvalue weighted by Crippen LogP contribution is 2.34. The van der Waals surface area contributed by atoms with Gasteiger partial charge in [-0.05, 0) is 31.7 Å². The molecule has 3 nitrogen and oxygen atoms in total. The van der Waals surface area contributed by atoms with E-state index < -0.39 is 0 Å². The molecule has 0 spiro atoms. The van der Waals surface area contributed by atoms with Crippen LogP contribution in [0.3, 0.4) is 0 Å². The van der Waals surface area contributed by atoms with E-state index >= 15 is 0 Å². The minimum absolute atomic E-state index is 0.155. The van der Waals surface area contributed by atoms with Crippen molar-refractivity contribution in [2.75, 3.05) is 13.1 Å². The van der Waals surface area contributed by atoms with Gasteiger partial charge in [0, 0.05) is 12.6 Å². The number of rotatable bonds is 3. The second kappa shape index (κ2) is 5.38. The molecule has 2 N–H and O–H groups in total. The Balaban J connectivity index is 1.96. The Labute approximate surface area is 105 Å². The van der Waals surface area contributed by atoms with Crippen molar-refractivity contribution in [3.05, 3.63) is 0 Å². The van der Waals surface area contributed by atoms with Crippen molar-refractivity contribution >= 4 is 5.91 Å². The zero-order chi connectivity index (χ0) is 12.3. The predicted molar refractivity (Wildman–Crippen MR) is 69.8 cm³/mol. The zero-order valence-corrected chi connectivity index (χ0v) is 11.2. The maximum atomic E-state index is 12.5. The lowest BCUT2D eigenvalue weighted by Crippen LogP contribution is -2.49. The smallest absolute Gasteiger partial charge is 0.228 e. The fourth-order valence-electron chi connectivity index (χ4n) is 3.24. The Kier molecular flexibility index (Phi) is 4.08. The Morgan fingerprint density at radius 3 is 2.53 bits per heavy atom. The molecule has 1 aliphatic carbocycles. The van der Waals surface area contributed by atoms with Crippen LogP contribution in [0.4, 0.5) is 0 Å². The van der Waals surface area contributed by atoms with E-state index in [4.69, 9.17) is 0 Å². The first-order valence-corrected chi connectivity index (χ1v) is 7.17. The lowest BCUT2D eigenvalue weighted by atomic mass is 9.75. The molecule has 0 bridgehead atoms. The van der Waals surface area contributed by atoms with Crippen LogP contribution in [0, 0.1) is 11.3 Å². The Hall–Kier alpha value is -0.570. The molecule has 3 heteroatoms. The largest absolute Gasteiger partial charge is 0.353 e. The van der Waals surface area contributed by atoms with Crippen LogP contribution < -0.4 is 10.6 Å². The summed E-state index contributed by atoms with van der Waals surface area (Å²) in [6.45, 7) is 6.18. The van der Waals surface area contributed by atoms with Crippen LogP contribution in [-0.4, -0.2) is 25.0 Å². The van der Waals surface area contributed by atoms with Crippen molar-refractivity contribution in [1.29, 1.82) is 0 Å². The number of carbonyl (C=O) groups excluding carboxylic acids is 1. The Bertz CT molecular complexity index is 263. The van der Waals surface area contributed by atoms with E-state index in [1.165, 1.54) is 32.1 Å². The number of amides is 1. The molecule has 2 rings (SSSR count). The summed E-state index contributed by atoms with van der Waals surface area (Å²) in [5.41, 5.74) is -0.155. The predicted octanol–water partition coefficient (Wildman–Crippen LogP) is 2.07. The molecule has 1 heterocycles. The van der Waals surface area contributed by atoms with Crippen molar-refractivity contribution in [2.24, 2.45) is 11.3 Å². The first-order valence-electron chi connectivity index (χ1n) is 7.17. The summed E-state index contributed by atoms with van der Waals surface area (Å²) in [6.07, 6.45) is 7.23. The quantitative estimate of drug-likeness (QED) is 0.790. The van der Waals surface area contributed by atoms with Gasteiger partial charge in [0.2, 0.25) is 5.91 Å². The third-order valence-corrected chi connectivity index (χ3v) is 4.69. The average molecular weight is 238 g/mol. The van der Waals surface area contributed by atoms with Crippen LogP contribution in [0.2, 0.25) is 0 Å². The molecule has 1 unspecified atom stereocenters. The van der Waals surface area contributed by atoms with Gasteiger partial charge in [0.1, 0.15) is 0 Å². The van der Waals surface area contributed by atoms with Crippen LogP contribution in [0.25, 0.3) is 0 Å². The van der Waals surface area contributed by atoms with Gasteiger partial charge in [-0.1, -0.05) is 33.1 Å². The van der Waals surface area contributed by atoms with Crippen LogP contribution in [0.15, 0.2) is 0 Å². The molecule has 0 aromatic rings. The maximum absolute atomic E-state index is 12.5. The van der Waals surface area contributed by atoms with Gasteiger partial charge in [0.25, 0.3) is 0 Å². The molecule has 1 amide bonds. The minimum atomic E-state index is -0.155. The van der Waals surface area contributed by atoms with Crippen LogP contribution in [-0.2, 0) is 4.79 Å². The standard InChI is InChI=1S/C14H26N2O/c1-11(2)14(8-9-15-10-14)13(17)16-12-6-4-3-5-7-12/h11-12,15H,3-10H2,1-2H3,(H,16,17). The lowest BCUT2D eigenvalue weighted by Gasteiger charge is -2.34. The minimum Gasteiger partial charge on any atom is -0.353 e. The topological polar surface area (TPSA) is 41.1 Å². The second-order valence-corrected chi connectivity index (χ2v) is 6.05. The fraction of sp³-hybridized carbons (Fsp3) is 0.929. The summed E-state index contributed by atoms with van der Waals surface area (Å²) in [5, 5.41) is 6.66. The molecule has 2 fully saturated rings. The number of hydrogen-bond donors (Lipinski definition) is 2. The summed E-state index contributed by atoms with van der Waals surface area (Å²) in [6, 6.07) is 0.437. The van der Waals surface area contributed by atoms with Gasteiger partial charge < -0.3 is 10.6 Å². The molecule has 98 valence electrons. The van der Waals surface area contributed by atoms with Gasteiger partial charge in [0.05, 0.1) is 5.41 Å². The molecule has 1 atom stereocenters. The molecular formula is C14H26N2O. The number of carbonyl (C=O) groups is 1. The summed E-state index contributed by atoms with van der Waals surface area (Å²) in [7, 11) is 0. The highest BCUT2D eigenvalue weighted by atomic mass is 16.2. The Morgan fingerprint density at radius 1 is 1.29 bits per heavy atom. The van der Waals surface area contributed by atoms with Crippen molar-refractivity contribution < 1.29 is 4.79 Å². The van der Waals surface area contributed by atoms with E-state index in [-0.39, 0.29) is 5.41 Å². The highest BCUT2D eigenvalue weighted by molar-refractivity contribution is 5.83. The van der Waals surface area contributed by atoms with E-state index in [9.17, 15) is 4.79 Å². The molecule has 0 radical (unpaired) electrons. The van der Waals surface area contributed by atoms with Gasteiger partial charge in [-0.25, -0.2) is 0 Å². The lowest BCUT2D eigenvalue weighted by molar-refractivity contribution is -0.133. The van der Waals surface area contributed by atoms with Crippen molar-refractivity contribution in [1.82, 2.24) is 10.6 Å². The van der Waals surface area contributed by atoms with E-state index in [0.717, 1.165) is 19.5 Å². The van der Waals surface area contributed by atoms with Crippen LogP contribution >= 0.6 is 0 Å². The Morgan fingerprint density at radius 2 is 2.00 bits per heavy atom. The first kappa shape index (κ1) is 12.9. The summed E-state index contributed by atoms with van der Waals surface area (Å²) >= 11 is 0. The number of nitrogens with one attached hydrogen (secondary N) is 2. The molecule has 0 aromatic heterocycles. The van der Waals surface area contributed by atoms with E-state index in [1.807, 2.05) is 0 Å². The van der Waals surface area contributed by atoms with Crippen molar-refractivity contribution in [2.45, 2.75) is 58.4 Å². The highest BCUT2D eigenvalue weighted by Gasteiger charge is 2.44. The molecule has 0 aromatic carbocycles. The second-order valence-electron chi connectivity index (χ2n) is 6.05. The third-order valence-electron chi connectivity index (χ3n) is 4.69. The molecule has 1 saturated heterocycles. The van der Waals surface area contributed by atoms with Gasteiger partial charge in [-0.2, -0.15) is 0 Å². The maximum Gasteiger partial charge on any atom is 0.228 e. The van der Waals surface area contributed by atoms with Crippen molar-refractivity contribution in [3.63, 3.8) is 0 Å².